The molecule has 0 radical (unpaired) electrons. The lowest BCUT2D eigenvalue weighted by molar-refractivity contribution is -0.385. The van der Waals surface area contributed by atoms with Gasteiger partial charge in [-0.1, -0.05) is 6.07 Å². The zero-order chi connectivity index (χ0) is 14.0. The molecule has 6 heteroatoms. The Hall–Kier alpha value is -1.66. The lowest BCUT2D eigenvalue weighted by Crippen LogP contribution is -2.49. The van der Waals surface area contributed by atoms with Gasteiger partial charge in [0.15, 0.2) is 0 Å². The number of benzene rings is 1. The Labute approximate surface area is 112 Å². The van der Waals surface area contributed by atoms with Crippen LogP contribution in [0.1, 0.15) is 12.5 Å². The molecule has 1 saturated heterocycles. The molecule has 2 unspecified atom stereocenters. The fourth-order valence-corrected chi connectivity index (χ4v) is 2.22. The van der Waals surface area contributed by atoms with E-state index in [0.717, 1.165) is 12.2 Å². The number of hydrogen-bond acceptors (Lipinski definition) is 5. The quantitative estimate of drug-likeness (QED) is 0.661. The molecule has 0 aliphatic carbocycles. The summed E-state index contributed by atoms with van der Waals surface area (Å²) in [6.07, 6.45) is -0.0332. The van der Waals surface area contributed by atoms with E-state index in [-0.39, 0.29) is 22.8 Å². The number of ether oxygens (including phenoxy) is 1. The van der Waals surface area contributed by atoms with Crippen LogP contribution in [0.5, 0.6) is 0 Å². The lowest BCUT2D eigenvalue weighted by atomic mass is 10.1. The van der Waals surface area contributed by atoms with Crippen molar-refractivity contribution in [2.24, 2.45) is 5.73 Å². The van der Waals surface area contributed by atoms with Gasteiger partial charge in [0.2, 0.25) is 0 Å². The van der Waals surface area contributed by atoms with Crippen LogP contribution < -0.4 is 10.6 Å². The van der Waals surface area contributed by atoms with Crippen molar-refractivity contribution in [3.05, 3.63) is 33.9 Å². The highest BCUT2D eigenvalue weighted by Gasteiger charge is 2.24. The molecular weight excluding hydrogens is 246 g/mol. The van der Waals surface area contributed by atoms with Gasteiger partial charge in [0.1, 0.15) is 0 Å². The fourth-order valence-electron chi connectivity index (χ4n) is 2.22. The number of aryl methyl sites for hydroxylation is 1. The standard InChI is InChI=1S/C13H19N3O3/c1-9-3-4-11(7-12(9)16(17)18)15-5-6-19-13(8-15)10(2)14/h3-4,7,10,13H,5-6,8,14H2,1-2H3. The van der Waals surface area contributed by atoms with Gasteiger partial charge >= 0.3 is 0 Å². The van der Waals surface area contributed by atoms with E-state index in [1.807, 2.05) is 13.0 Å². The second kappa shape index (κ2) is 5.54. The number of nitro benzene ring substituents is 1. The highest BCUT2D eigenvalue weighted by atomic mass is 16.6. The Morgan fingerprint density at radius 2 is 2.32 bits per heavy atom. The number of anilines is 1. The first kappa shape index (κ1) is 13.8. The molecule has 1 aliphatic heterocycles. The first-order chi connectivity index (χ1) is 8.99. The molecule has 0 aromatic heterocycles. The summed E-state index contributed by atoms with van der Waals surface area (Å²) in [6.45, 7) is 5.63. The van der Waals surface area contributed by atoms with Crippen LogP contribution in [0.15, 0.2) is 18.2 Å². The Morgan fingerprint density at radius 3 is 2.95 bits per heavy atom. The SMILES string of the molecule is Cc1ccc(N2CCOC(C(C)N)C2)cc1[N+](=O)[O-]. The fraction of sp³-hybridized carbons (Fsp3) is 0.538. The topological polar surface area (TPSA) is 81.6 Å². The van der Waals surface area contributed by atoms with Gasteiger partial charge in [0.25, 0.3) is 5.69 Å². The van der Waals surface area contributed by atoms with E-state index >= 15 is 0 Å². The van der Waals surface area contributed by atoms with E-state index in [1.54, 1.807) is 19.1 Å². The van der Waals surface area contributed by atoms with Crippen molar-refractivity contribution in [1.82, 2.24) is 0 Å². The summed E-state index contributed by atoms with van der Waals surface area (Å²) >= 11 is 0. The predicted molar refractivity (Wildman–Crippen MR) is 73.4 cm³/mol. The minimum atomic E-state index is -0.345. The molecule has 1 aliphatic rings. The molecule has 6 nitrogen and oxygen atoms in total. The maximum absolute atomic E-state index is 11.0. The van der Waals surface area contributed by atoms with Crippen molar-refractivity contribution in [2.45, 2.75) is 26.0 Å². The summed E-state index contributed by atoms with van der Waals surface area (Å²) in [5, 5.41) is 11.0. The highest BCUT2D eigenvalue weighted by molar-refractivity contribution is 5.56. The average molecular weight is 265 g/mol. The molecule has 0 bridgehead atoms. The van der Waals surface area contributed by atoms with E-state index in [0.29, 0.717) is 18.7 Å². The molecule has 2 rings (SSSR count). The van der Waals surface area contributed by atoms with Gasteiger partial charge in [-0.25, -0.2) is 0 Å². The molecule has 2 atom stereocenters. The van der Waals surface area contributed by atoms with E-state index in [4.69, 9.17) is 10.5 Å². The molecule has 1 aromatic rings. The zero-order valence-electron chi connectivity index (χ0n) is 11.2. The van der Waals surface area contributed by atoms with Crippen LogP contribution in [0, 0.1) is 17.0 Å². The Balaban J connectivity index is 2.22. The molecular formula is C13H19N3O3. The molecule has 104 valence electrons. The Kier molecular flexibility index (Phi) is 4.01. The summed E-state index contributed by atoms with van der Waals surface area (Å²) in [6, 6.07) is 5.26. The minimum absolute atomic E-state index is 0.0332. The maximum atomic E-state index is 11.0. The Morgan fingerprint density at radius 1 is 1.58 bits per heavy atom. The lowest BCUT2D eigenvalue weighted by Gasteiger charge is -2.36. The number of nitrogens with two attached hydrogens (primary N) is 1. The third kappa shape index (κ3) is 3.02. The van der Waals surface area contributed by atoms with Crippen molar-refractivity contribution in [3.63, 3.8) is 0 Å². The summed E-state index contributed by atoms with van der Waals surface area (Å²) < 4.78 is 5.59. The third-order valence-corrected chi connectivity index (χ3v) is 3.43. The number of rotatable bonds is 3. The van der Waals surface area contributed by atoms with Gasteiger partial charge in [-0.3, -0.25) is 10.1 Å². The molecule has 0 saturated carbocycles. The van der Waals surface area contributed by atoms with E-state index < -0.39 is 0 Å². The van der Waals surface area contributed by atoms with Crippen LogP contribution in [-0.2, 0) is 4.74 Å². The second-order valence-corrected chi connectivity index (χ2v) is 4.94. The smallest absolute Gasteiger partial charge is 0.274 e. The zero-order valence-corrected chi connectivity index (χ0v) is 11.2. The van der Waals surface area contributed by atoms with Gasteiger partial charge in [-0.05, 0) is 19.9 Å². The van der Waals surface area contributed by atoms with E-state index in [2.05, 4.69) is 4.90 Å². The van der Waals surface area contributed by atoms with Gasteiger partial charge in [0.05, 0.1) is 17.6 Å². The first-order valence-corrected chi connectivity index (χ1v) is 6.36. The molecule has 2 N–H and O–H groups in total. The molecule has 1 heterocycles. The molecule has 1 aromatic carbocycles. The molecule has 0 spiro atoms. The van der Waals surface area contributed by atoms with Gasteiger partial charge < -0.3 is 15.4 Å². The number of morpholine rings is 1. The normalized spacial score (nSPS) is 21.2. The van der Waals surface area contributed by atoms with Crippen LogP contribution in [-0.4, -0.2) is 36.8 Å². The largest absolute Gasteiger partial charge is 0.373 e. The van der Waals surface area contributed by atoms with Crippen molar-refractivity contribution in [2.75, 3.05) is 24.6 Å². The van der Waals surface area contributed by atoms with Crippen molar-refractivity contribution in [1.29, 1.82) is 0 Å². The van der Waals surface area contributed by atoms with Crippen LogP contribution in [0.3, 0.4) is 0 Å². The van der Waals surface area contributed by atoms with Crippen molar-refractivity contribution in [3.8, 4) is 0 Å². The highest BCUT2D eigenvalue weighted by Crippen LogP contribution is 2.26. The number of nitrogens with zero attached hydrogens (tertiary/aromatic N) is 2. The van der Waals surface area contributed by atoms with Gasteiger partial charge in [-0.15, -0.1) is 0 Å². The summed E-state index contributed by atoms with van der Waals surface area (Å²) in [5.41, 5.74) is 7.53. The molecule has 1 fully saturated rings. The van der Waals surface area contributed by atoms with E-state index in [9.17, 15) is 10.1 Å². The van der Waals surface area contributed by atoms with Crippen LogP contribution in [0.2, 0.25) is 0 Å². The Bertz CT molecular complexity index is 476. The van der Waals surface area contributed by atoms with Gasteiger partial charge in [-0.2, -0.15) is 0 Å². The van der Waals surface area contributed by atoms with Crippen LogP contribution in [0.4, 0.5) is 11.4 Å². The monoisotopic (exact) mass is 265 g/mol. The molecule has 0 amide bonds. The van der Waals surface area contributed by atoms with Gasteiger partial charge in [0, 0.05) is 36.4 Å². The van der Waals surface area contributed by atoms with Crippen LogP contribution in [0.25, 0.3) is 0 Å². The van der Waals surface area contributed by atoms with Crippen molar-refractivity contribution >= 4 is 11.4 Å². The van der Waals surface area contributed by atoms with E-state index in [1.165, 1.54) is 0 Å². The number of hydrogen-bond donors (Lipinski definition) is 1. The second-order valence-electron chi connectivity index (χ2n) is 4.94. The summed E-state index contributed by atoms with van der Waals surface area (Å²) in [5.74, 6) is 0. The predicted octanol–water partition coefficient (Wildman–Crippen LogP) is 1.46. The first-order valence-electron chi connectivity index (χ1n) is 6.36. The van der Waals surface area contributed by atoms with Crippen molar-refractivity contribution < 1.29 is 9.66 Å². The minimum Gasteiger partial charge on any atom is -0.373 e. The molecule has 19 heavy (non-hydrogen) atoms. The average Bonchev–Trinajstić information content (AvgIpc) is 2.39. The third-order valence-electron chi connectivity index (χ3n) is 3.43. The number of nitro groups is 1. The summed E-state index contributed by atoms with van der Waals surface area (Å²) in [7, 11) is 0. The maximum Gasteiger partial charge on any atom is 0.274 e. The van der Waals surface area contributed by atoms with Crippen LogP contribution >= 0.6 is 0 Å². The summed E-state index contributed by atoms with van der Waals surface area (Å²) in [4.78, 5) is 12.7.